The minimum atomic E-state index is -0.267. The van der Waals surface area contributed by atoms with Gasteiger partial charge in [0.25, 0.3) is 0 Å². The molecule has 0 bridgehead atoms. The molecule has 0 saturated heterocycles. The summed E-state index contributed by atoms with van der Waals surface area (Å²) in [5.41, 5.74) is 0.557. The van der Waals surface area contributed by atoms with Crippen LogP contribution in [-0.2, 0) is 11.3 Å². The van der Waals surface area contributed by atoms with Crippen molar-refractivity contribution in [2.24, 2.45) is 5.92 Å². The van der Waals surface area contributed by atoms with Gasteiger partial charge in [-0.1, -0.05) is 45.6 Å². The van der Waals surface area contributed by atoms with Crippen molar-refractivity contribution in [1.29, 1.82) is 0 Å². The summed E-state index contributed by atoms with van der Waals surface area (Å²) in [6.45, 7) is 9.17. The van der Waals surface area contributed by atoms with Crippen molar-refractivity contribution in [2.75, 3.05) is 20.2 Å². The highest BCUT2D eigenvalue weighted by molar-refractivity contribution is 5.97. The topological polar surface area (TPSA) is 103 Å². The van der Waals surface area contributed by atoms with Crippen LogP contribution in [-0.4, -0.2) is 61.5 Å². The fourth-order valence-electron chi connectivity index (χ4n) is 2.79. The van der Waals surface area contributed by atoms with Crippen LogP contribution in [0.2, 0.25) is 0 Å². The van der Waals surface area contributed by atoms with Gasteiger partial charge in [-0.25, -0.2) is 4.98 Å². The lowest BCUT2D eigenvalue weighted by molar-refractivity contribution is -0.132. The summed E-state index contributed by atoms with van der Waals surface area (Å²) in [6, 6.07) is 0.0680. The van der Waals surface area contributed by atoms with Crippen LogP contribution < -0.4 is 4.74 Å². The predicted octanol–water partition coefficient (Wildman–Crippen LogP) is 2.50. The van der Waals surface area contributed by atoms with Crippen LogP contribution in [0.25, 0.3) is 11.3 Å². The lowest BCUT2D eigenvalue weighted by Crippen LogP contribution is -2.36. The number of rotatable bonds is 11. The number of hydrogen-bond acceptors (Lipinski definition) is 7. The molecular weight excluding hydrogens is 360 g/mol. The maximum atomic E-state index is 13.0. The zero-order valence-corrected chi connectivity index (χ0v) is 17.4. The van der Waals surface area contributed by atoms with E-state index in [1.165, 1.54) is 7.11 Å². The molecule has 0 aliphatic heterocycles. The van der Waals surface area contributed by atoms with Crippen molar-refractivity contribution >= 4 is 23.0 Å². The van der Waals surface area contributed by atoms with Crippen molar-refractivity contribution < 1.29 is 14.3 Å². The number of carbonyl (C=O) groups excluding carboxylic acids is 2. The third kappa shape index (κ3) is 5.02. The van der Waals surface area contributed by atoms with Gasteiger partial charge in [0, 0.05) is 19.0 Å². The number of fused-ring (bicyclic) bond motifs is 1. The van der Waals surface area contributed by atoms with E-state index in [-0.39, 0.29) is 41.6 Å². The van der Waals surface area contributed by atoms with Crippen LogP contribution in [0.3, 0.4) is 0 Å². The van der Waals surface area contributed by atoms with E-state index in [0.717, 1.165) is 25.7 Å². The average Bonchev–Trinajstić information content (AvgIpc) is 3.04. The molecule has 0 N–H and O–H groups in total. The molecule has 2 rings (SSSR count). The first-order valence-corrected chi connectivity index (χ1v) is 9.89. The molecule has 0 aliphatic carbocycles. The van der Waals surface area contributed by atoms with E-state index >= 15 is 0 Å². The van der Waals surface area contributed by atoms with E-state index in [2.05, 4.69) is 34.0 Å². The summed E-state index contributed by atoms with van der Waals surface area (Å²) < 4.78 is 6.59. The Morgan fingerprint density at radius 1 is 1.07 bits per heavy atom. The molecule has 9 heteroatoms. The largest absolute Gasteiger partial charge is 0.466 e. The Morgan fingerprint density at radius 3 is 2.25 bits per heavy atom. The fourth-order valence-corrected chi connectivity index (χ4v) is 2.79. The van der Waals surface area contributed by atoms with E-state index in [1.54, 1.807) is 18.4 Å². The van der Waals surface area contributed by atoms with Gasteiger partial charge in [-0.15, -0.1) is 5.10 Å². The normalized spacial score (nSPS) is 11.2. The summed E-state index contributed by atoms with van der Waals surface area (Å²) in [7, 11) is 1.44. The minimum Gasteiger partial charge on any atom is -0.466 e. The van der Waals surface area contributed by atoms with Crippen LogP contribution in [0.4, 0.5) is 0 Å². The third-order valence-corrected chi connectivity index (χ3v) is 4.49. The van der Waals surface area contributed by atoms with Gasteiger partial charge < -0.3 is 9.64 Å². The molecule has 0 aromatic carbocycles. The number of hydrogen-bond donors (Lipinski definition) is 0. The second kappa shape index (κ2) is 10.1. The number of ether oxygens (including phenoxy) is 1. The molecule has 0 saturated carbocycles. The fraction of sp³-hybridized carbons (Fsp3) is 0.684. The Bertz CT molecular complexity index is 809. The Kier molecular flexibility index (Phi) is 7.83. The zero-order chi connectivity index (χ0) is 20.7. The van der Waals surface area contributed by atoms with E-state index in [4.69, 9.17) is 4.74 Å². The SMILES string of the molecule is CCCCN(CCCC)C(=O)Cn1c(C(=O)C(C)C)nc2nnc(OC)nc21. The van der Waals surface area contributed by atoms with Gasteiger partial charge >= 0.3 is 6.01 Å². The van der Waals surface area contributed by atoms with Crippen molar-refractivity contribution in [3.05, 3.63) is 5.82 Å². The lowest BCUT2D eigenvalue weighted by Gasteiger charge is -2.23. The second-order valence-electron chi connectivity index (χ2n) is 7.07. The number of nitrogens with zero attached hydrogens (tertiary/aromatic N) is 6. The number of methoxy groups -OCH3 is 1. The summed E-state index contributed by atoms with van der Waals surface area (Å²) in [5, 5.41) is 7.79. The van der Waals surface area contributed by atoms with Gasteiger partial charge in [-0.2, -0.15) is 4.98 Å². The Balaban J connectivity index is 2.42. The number of imidazole rings is 1. The summed E-state index contributed by atoms with van der Waals surface area (Å²) in [6.07, 6.45) is 3.90. The summed E-state index contributed by atoms with van der Waals surface area (Å²) in [5.74, 6) is -0.312. The van der Waals surface area contributed by atoms with Gasteiger partial charge in [0.15, 0.2) is 11.5 Å². The number of aromatic nitrogens is 5. The standard InChI is InChI=1S/C19H30N6O3/c1-6-8-10-24(11-9-7-2)14(26)12-25-17(15(27)13(3)4)20-16-18(25)21-19(28-5)23-22-16/h13H,6-12H2,1-5H3. The first-order valence-electron chi connectivity index (χ1n) is 9.89. The number of carbonyl (C=O) groups is 2. The molecule has 0 spiro atoms. The van der Waals surface area contributed by atoms with Crippen molar-refractivity contribution in [2.45, 2.75) is 59.9 Å². The molecule has 2 aromatic rings. The average molecular weight is 390 g/mol. The quantitative estimate of drug-likeness (QED) is 0.543. The Morgan fingerprint density at radius 2 is 1.71 bits per heavy atom. The third-order valence-electron chi connectivity index (χ3n) is 4.49. The van der Waals surface area contributed by atoms with Crippen LogP contribution in [0, 0.1) is 5.92 Å². The first-order chi connectivity index (χ1) is 13.4. The van der Waals surface area contributed by atoms with E-state index in [9.17, 15) is 9.59 Å². The molecule has 0 fully saturated rings. The van der Waals surface area contributed by atoms with Crippen LogP contribution >= 0.6 is 0 Å². The van der Waals surface area contributed by atoms with Crippen LogP contribution in [0.1, 0.15) is 64.0 Å². The highest BCUT2D eigenvalue weighted by atomic mass is 16.5. The summed E-state index contributed by atoms with van der Waals surface area (Å²) >= 11 is 0. The molecule has 0 atom stereocenters. The van der Waals surface area contributed by atoms with Crippen molar-refractivity contribution in [1.82, 2.24) is 29.6 Å². The van der Waals surface area contributed by atoms with E-state index < -0.39 is 0 Å². The highest BCUT2D eigenvalue weighted by Gasteiger charge is 2.25. The molecule has 0 unspecified atom stereocenters. The first kappa shape index (κ1) is 21.7. The van der Waals surface area contributed by atoms with Gasteiger partial charge in [0.2, 0.25) is 17.3 Å². The number of Topliss-reactive ketones (excluding diaryl/α,β-unsaturated/α-hetero) is 1. The van der Waals surface area contributed by atoms with E-state index in [0.29, 0.717) is 18.7 Å². The molecule has 0 radical (unpaired) electrons. The van der Waals surface area contributed by atoms with Crippen LogP contribution in [0.15, 0.2) is 0 Å². The molecule has 1 amide bonds. The molecule has 2 heterocycles. The zero-order valence-electron chi connectivity index (χ0n) is 17.4. The number of amides is 1. The van der Waals surface area contributed by atoms with Crippen LogP contribution in [0.5, 0.6) is 6.01 Å². The molecule has 28 heavy (non-hydrogen) atoms. The van der Waals surface area contributed by atoms with Crippen molar-refractivity contribution in [3.63, 3.8) is 0 Å². The summed E-state index contributed by atoms with van der Waals surface area (Å²) in [4.78, 5) is 36.1. The van der Waals surface area contributed by atoms with Gasteiger partial charge in [0.05, 0.1) is 7.11 Å². The monoisotopic (exact) mass is 390 g/mol. The molecule has 154 valence electrons. The second-order valence-corrected chi connectivity index (χ2v) is 7.07. The number of ketones is 1. The molecule has 2 aromatic heterocycles. The predicted molar refractivity (Wildman–Crippen MR) is 105 cm³/mol. The maximum absolute atomic E-state index is 13.0. The van der Waals surface area contributed by atoms with Gasteiger partial charge in [-0.3, -0.25) is 14.2 Å². The molecule has 9 nitrogen and oxygen atoms in total. The van der Waals surface area contributed by atoms with Gasteiger partial charge in [-0.05, 0) is 12.8 Å². The van der Waals surface area contributed by atoms with Gasteiger partial charge in [0.1, 0.15) is 6.54 Å². The maximum Gasteiger partial charge on any atom is 0.337 e. The molecular formula is C19H30N6O3. The Hall–Kier alpha value is -2.58. The van der Waals surface area contributed by atoms with Crippen molar-refractivity contribution in [3.8, 4) is 6.01 Å². The lowest BCUT2D eigenvalue weighted by atomic mass is 10.1. The van der Waals surface area contributed by atoms with E-state index in [1.807, 2.05) is 4.90 Å². The highest BCUT2D eigenvalue weighted by Crippen LogP contribution is 2.17. The molecule has 0 aliphatic rings. The smallest absolute Gasteiger partial charge is 0.337 e. The number of unbranched alkanes of at least 4 members (excludes halogenated alkanes) is 2. The minimum absolute atomic E-state index is 0.0143. The Labute approximate surface area is 165 Å².